The van der Waals surface area contributed by atoms with E-state index >= 15 is 0 Å². The van der Waals surface area contributed by atoms with Gasteiger partial charge < -0.3 is 9.64 Å². The summed E-state index contributed by atoms with van der Waals surface area (Å²) >= 11 is 0. The van der Waals surface area contributed by atoms with Crippen LogP contribution in [0, 0.1) is 6.92 Å². The third-order valence-electron chi connectivity index (χ3n) is 2.90. The summed E-state index contributed by atoms with van der Waals surface area (Å²) in [5.74, 6) is 0.810. The van der Waals surface area contributed by atoms with E-state index in [4.69, 9.17) is 4.74 Å². The summed E-state index contributed by atoms with van der Waals surface area (Å²) in [5.41, 5.74) is 2.33. The topological polar surface area (TPSA) is 12.5 Å². The first kappa shape index (κ1) is 11.2. The number of halogens is 1. The van der Waals surface area contributed by atoms with Crippen LogP contribution in [-0.2, 0) is 0 Å². The fourth-order valence-corrected chi connectivity index (χ4v) is 2.10. The minimum atomic E-state index is -0.437. The Morgan fingerprint density at radius 3 is 2.75 bits per heavy atom. The van der Waals surface area contributed by atoms with E-state index in [2.05, 4.69) is 17.9 Å². The normalized spacial score (nSPS) is 15.5. The highest BCUT2D eigenvalue weighted by Crippen LogP contribution is 2.31. The van der Waals surface area contributed by atoms with E-state index in [1.165, 1.54) is 18.4 Å². The smallest absolute Gasteiger partial charge is 0.142 e. The second-order valence-electron chi connectivity index (χ2n) is 4.20. The summed E-state index contributed by atoms with van der Waals surface area (Å²) < 4.78 is 17.6. The SMILES string of the molecule is Cc1ccc(OCCF)c(N2CCCC2)c1. The van der Waals surface area contributed by atoms with Crippen molar-refractivity contribution < 1.29 is 9.13 Å². The lowest BCUT2D eigenvalue weighted by Crippen LogP contribution is -2.19. The van der Waals surface area contributed by atoms with Gasteiger partial charge in [0.25, 0.3) is 0 Å². The second-order valence-corrected chi connectivity index (χ2v) is 4.20. The van der Waals surface area contributed by atoms with Gasteiger partial charge in [0.2, 0.25) is 0 Å². The zero-order valence-corrected chi connectivity index (χ0v) is 9.71. The van der Waals surface area contributed by atoms with E-state index in [0.717, 1.165) is 24.5 Å². The Morgan fingerprint density at radius 2 is 2.06 bits per heavy atom. The Balaban J connectivity index is 2.21. The number of hydrogen-bond acceptors (Lipinski definition) is 2. The van der Waals surface area contributed by atoms with E-state index in [1.807, 2.05) is 12.1 Å². The van der Waals surface area contributed by atoms with Gasteiger partial charge in [-0.1, -0.05) is 6.07 Å². The first-order chi connectivity index (χ1) is 7.81. The molecule has 2 rings (SSSR count). The molecule has 1 aliphatic rings. The minimum Gasteiger partial charge on any atom is -0.489 e. The van der Waals surface area contributed by atoms with Gasteiger partial charge >= 0.3 is 0 Å². The fourth-order valence-electron chi connectivity index (χ4n) is 2.10. The van der Waals surface area contributed by atoms with E-state index < -0.39 is 6.67 Å². The fraction of sp³-hybridized carbons (Fsp3) is 0.538. The molecule has 0 radical (unpaired) electrons. The standard InChI is InChI=1S/C13H18FNO/c1-11-4-5-13(16-9-6-14)12(10-11)15-7-2-3-8-15/h4-5,10H,2-3,6-9H2,1H3. The van der Waals surface area contributed by atoms with Crippen LogP contribution in [0.1, 0.15) is 18.4 Å². The number of nitrogens with zero attached hydrogens (tertiary/aromatic N) is 1. The molecule has 88 valence electrons. The Morgan fingerprint density at radius 1 is 1.31 bits per heavy atom. The summed E-state index contributed by atoms with van der Waals surface area (Å²) in [4.78, 5) is 2.32. The van der Waals surface area contributed by atoms with Crippen molar-refractivity contribution in [3.63, 3.8) is 0 Å². The van der Waals surface area contributed by atoms with Gasteiger partial charge in [-0.3, -0.25) is 0 Å². The van der Waals surface area contributed by atoms with Crippen molar-refractivity contribution in [1.82, 2.24) is 0 Å². The lowest BCUT2D eigenvalue weighted by Gasteiger charge is -2.21. The summed E-state index contributed by atoms with van der Waals surface area (Å²) in [6.07, 6.45) is 2.47. The number of anilines is 1. The first-order valence-electron chi connectivity index (χ1n) is 5.85. The monoisotopic (exact) mass is 223 g/mol. The van der Waals surface area contributed by atoms with Crippen LogP contribution in [0.2, 0.25) is 0 Å². The average Bonchev–Trinajstić information content (AvgIpc) is 2.80. The highest BCUT2D eigenvalue weighted by molar-refractivity contribution is 5.60. The maximum atomic E-state index is 12.1. The average molecular weight is 223 g/mol. The summed E-state index contributed by atoms with van der Waals surface area (Å²) in [6.45, 7) is 3.93. The van der Waals surface area contributed by atoms with Crippen molar-refractivity contribution >= 4 is 5.69 Å². The van der Waals surface area contributed by atoms with Gasteiger partial charge in [-0.15, -0.1) is 0 Å². The number of benzene rings is 1. The summed E-state index contributed by atoms with van der Waals surface area (Å²) in [5, 5.41) is 0. The van der Waals surface area contributed by atoms with Crippen molar-refractivity contribution in [3.05, 3.63) is 23.8 Å². The second kappa shape index (κ2) is 5.19. The number of rotatable bonds is 4. The largest absolute Gasteiger partial charge is 0.489 e. The Kier molecular flexibility index (Phi) is 3.65. The Labute approximate surface area is 96.0 Å². The van der Waals surface area contributed by atoms with Gasteiger partial charge in [-0.25, -0.2) is 4.39 Å². The Bertz CT molecular complexity index is 348. The number of ether oxygens (including phenoxy) is 1. The maximum Gasteiger partial charge on any atom is 0.142 e. The molecule has 2 nitrogen and oxygen atoms in total. The predicted octanol–water partition coefficient (Wildman–Crippen LogP) is 2.94. The molecule has 0 amide bonds. The van der Waals surface area contributed by atoms with E-state index in [1.54, 1.807) is 0 Å². The maximum absolute atomic E-state index is 12.1. The molecule has 0 aliphatic carbocycles. The van der Waals surface area contributed by atoms with E-state index in [9.17, 15) is 4.39 Å². The van der Waals surface area contributed by atoms with Crippen molar-refractivity contribution in [2.24, 2.45) is 0 Å². The summed E-state index contributed by atoms with van der Waals surface area (Å²) in [6, 6.07) is 6.07. The van der Waals surface area contributed by atoms with Crippen LogP contribution >= 0.6 is 0 Å². The molecule has 0 N–H and O–H groups in total. The molecule has 0 atom stereocenters. The van der Waals surface area contributed by atoms with Crippen molar-refractivity contribution in [1.29, 1.82) is 0 Å². The highest BCUT2D eigenvalue weighted by atomic mass is 19.1. The Hall–Kier alpha value is -1.25. The minimum absolute atomic E-state index is 0.143. The van der Waals surface area contributed by atoms with Crippen LogP contribution in [0.4, 0.5) is 10.1 Å². The lowest BCUT2D eigenvalue weighted by atomic mass is 10.2. The van der Waals surface area contributed by atoms with E-state index in [0.29, 0.717) is 0 Å². The molecule has 1 aromatic carbocycles. The van der Waals surface area contributed by atoms with Crippen molar-refractivity contribution in [3.8, 4) is 5.75 Å². The number of alkyl halides is 1. The predicted molar refractivity (Wildman–Crippen MR) is 64.1 cm³/mol. The molecule has 1 aromatic rings. The van der Waals surface area contributed by atoms with Gasteiger partial charge in [-0.05, 0) is 37.5 Å². The number of aryl methyl sites for hydroxylation is 1. The van der Waals surface area contributed by atoms with Crippen molar-refractivity contribution in [2.45, 2.75) is 19.8 Å². The molecule has 1 aliphatic heterocycles. The molecule has 0 aromatic heterocycles. The van der Waals surface area contributed by atoms with E-state index in [-0.39, 0.29) is 6.61 Å². The molecule has 3 heteroatoms. The molecule has 0 bridgehead atoms. The molecule has 1 fully saturated rings. The number of hydrogen-bond donors (Lipinski definition) is 0. The highest BCUT2D eigenvalue weighted by Gasteiger charge is 2.16. The van der Waals surface area contributed by atoms with Crippen LogP contribution < -0.4 is 9.64 Å². The zero-order valence-electron chi connectivity index (χ0n) is 9.71. The summed E-state index contributed by atoms with van der Waals surface area (Å²) in [7, 11) is 0. The van der Waals surface area contributed by atoms with Crippen molar-refractivity contribution in [2.75, 3.05) is 31.3 Å². The third-order valence-corrected chi connectivity index (χ3v) is 2.90. The van der Waals surface area contributed by atoms with Crippen LogP contribution in [0.3, 0.4) is 0 Å². The van der Waals surface area contributed by atoms with Gasteiger partial charge in [0.05, 0.1) is 5.69 Å². The third kappa shape index (κ3) is 2.46. The molecular formula is C13H18FNO. The van der Waals surface area contributed by atoms with Crippen LogP contribution in [0.25, 0.3) is 0 Å². The van der Waals surface area contributed by atoms with Gasteiger partial charge in [0, 0.05) is 13.1 Å². The molecule has 1 saturated heterocycles. The lowest BCUT2D eigenvalue weighted by molar-refractivity contribution is 0.273. The van der Waals surface area contributed by atoms with Crippen LogP contribution in [0.15, 0.2) is 18.2 Å². The van der Waals surface area contributed by atoms with Gasteiger partial charge in [0.1, 0.15) is 19.0 Å². The first-order valence-corrected chi connectivity index (χ1v) is 5.85. The molecular weight excluding hydrogens is 205 g/mol. The molecule has 16 heavy (non-hydrogen) atoms. The van der Waals surface area contributed by atoms with Gasteiger partial charge in [0.15, 0.2) is 0 Å². The molecule has 0 spiro atoms. The molecule has 0 unspecified atom stereocenters. The van der Waals surface area contributed by atoms with Gasteiger partial charge in [-0.2, -0.15) is 0 Å². The molecule has 0 saturated carbocycles. The van der Waals surface area contributed by atoms with Crippen LogP contribution in [0.5, 0.6) is 5.75 Å². The quantitative estimate of drug-likeness (QED) is 0.778. The molecule has 1 heterocycles. The van der Waals surface area contributed by atoms with Crippen LogP contribution in [-0.4, -0.2) is 26.4 Å². The zero-order chi connectivity index (χ0) is 11.4.